The van der Waals surface area contributed by atoms with Gasteiger partial charge in [0.15, 0.2) is 0 Å². The molecule has 68 heavy (non-hydrogen) atoms. The van der Waals surface area contributed by atoms with Gasteiger partial charge in [-0.25, -0.2) is 0 Å². The first kappa shape index (κ1) is 77.9. The predicted octanol–water partition coefficient (Wildman–Crippen LogP) is 12.8. The monoisotopic (exact) mass is 969 g/mol. The van der Waals surface area contributed by atoms with Gasteiger partial charge in [0, 0.05) is 25.5 Å². The minimum atomic E-state index is 0.377. The summed E-state index contributed by atoms with van der Waals surface area (Å²) in [7, 11) is 14.2. The van der Waals surface area contributed by atoms with Crippen molar-refractivity contribution >= 4 is 18.3 Å². The molecule has 6 aliphatic rings. The second-order valence-electron chi connectivity index (χ2n) is 19.3. The number of Topliss-reactive ketones (excluding diaryl/α,β-unsaturated/α-hetero) is 1. The van der Waals surface area contributed by atoms with E-state index in [1.807, 2.05) is 55.2 Å². The topological polar surface area (TPSA) is 104 Å². The fraction of sp³-hybridized carbons (Fsp3) is 0.914. The Morgan fingerprint density at radius 2 is 1.04 bits per heavy atom. The molecule has 0 aromatic rings. The van der Waals surface area contributed by atoms with Gasteiger partial charge >= 0.3 is 0 Å². The Labute approximate surface area is 429 Å². The zero-order valence-electron chi connectivity index (χ0n) is 49.5. The quantitative estimate of drug-likeness (QED) is 0.112. The van der Waals surface area contributed by atoms with Gasteiger partial charge in [0.25, 0.3) is 0 Å². The fourth-order valence-electron chi connectivity index (χ4n) is 6.19. The lowest BCUT2D eigenvalue weighted by Crippen LogP contribution is -2.39. The summed E-state index contributed by atoms with van der Waals surface area (Å²) in [6, 6.07) is 0. The molecule has 0 spiro atoms. The maximum Gasteiger partial charge on any atom is 0.132 e. The first-order valence-electron chi connectivity index (χ1n) is 28.5. The third-order valence-corrected chi connectivity index (χ3v) is 11.4. The van der Waals surface area contributed by atoms with Crippen LogP contribution in [0.5, 0.6) is 0 Å². The summed E-state index contributed by atoms with van der Waals surface area (Å²) in [6.07, 6.45) is 34.6. The summed E-state index contributed by atoms with van der Waals surface area (Å²) in [4.78, 5) is 30.9. The van der Waals surface area contributed by atoms with Crippen molar-refractivity contribution in [3.8, 4) is 0 Å². The van der Waals surface area contributed by atoms with Gasteiger partial charge in [-0.3, -0.25) is 9.79 Å². The van der Waals surface area contributed by atoms with Crippen molar-refractivity contribution in [3.05, 3.63) is 11.6 Å². The van der Waals surface area contributed by atoms with E-state index in [-0.39, 0.29) is 0 Å². The molecule has 0 aromatic carbocycles. The highest BCUT2D eigenvalue weighted by Crippen LogP contribution is 2.22. The molecule has 0 atom stereocenters. The molecular weight excluding hydrogens is 841 g/mol. The Hall–Kier alpha value is -1.53. The molecule has 4 saturated heterocycles. The van der Waals surface area contributed by atoms with Gasteiger partial charge < -0.3 is 40.8 Å². The molecule has 0 unspecified atom stereocenters. The van der Waals surface area contributed by atoms with Crippen LogP contribution in [0.2, 0.25) is 0 Å². The molecule has 10 nitrogen and oxygen atoms in total. The number of piperidine rings is 2. The van der Waals surface area contributed by atoms with Gasteiger partial charge in [-0.15, -0.1) is 0 Å². The summed E-state index contributed by atoms with van der Waals surface area (Å²) < 4.78 is 0. The minimum absolute atomic E-state index is 0.377. The molecule has 5 aliphatic heterocycles. The van der Waals surface area contributed by atoms with Crippen LogP contribution in [0.15, 0.2) is 16.6 Å². The van der Waals surface area contributed by atoms with Crippen LogP contribution in [-0.2, 0) is 9.59 Å². The molecule has 10 heteroatoms. The number of aliphatic imine (C=N–C) groups is 1. The lowest BCUT2D eigenvalue weighted by molar-refractivity contribution is -0.118. The van der Waals surface area contributed by atoms with Gasteiger partial charge in [0.05, 0.1) is 6.54 Å². The SMILES string of the molecule is CC1=CCN=C1.CC1CCCCC1.CC1CNC1.CCCC(=O)CC.CCCC=O.CCCCCC.CCCCNC.CCNC.CN1CCC1.CN1CCCCC1.CN1CCCCC1.CNC. The number of ketones is 1. The van der Waals surface area contributed by atoms with Crippen molar-refractivity contribution in [2.24, 2.45) is 16.8 Å². The molecule has 412 valence electrons. The second-order valence-corrected chi connectivity index (χ2v) is 19.3. The molecule has 1 saturated carbocycles. The van der Waals surface area contributed by atoms with E-state index in [9.17, 15) is 9.59 Å². The lowest BCUT2D eigenvalue weighted by atomic mass is 9.91. The van der Waals surface area contributed by atoms with Gasteiger partial charge in [-0.05, 0) is 190 Å². The molecule has 0 bridgehead atoms. The Balaban J connectivity index is -0.000000155. The van der Waals surface area contributed by atoms with Gasteiger partial charge in [0.1, 0.15) is 12.1 Å². The number of aldehydes is 1. The highest BCUT2D eigenvalue weighted by Gasteiger charge is 2.08. The normalized spacial score (nSPS) is 17.0. The molecule has 5 heterocycles. The Kier molecular flexibility index (Phi) is 82.5. The molecule has 0 aromatic heterocycles. The molecule has 0 amide bonds. The number of hydrogen-bond acceptors (Lipinski definition) is 10. The van der Waals surface area contributed by atoms with Gasteiger partial charge in [-0.1, -0.05) is 145 Å². The smallest absolute Gasteiger partial charge is 0.132 e. The van der Waals surface area contributed by atoms with Crippen LogP contribution in [0, 0.1) is 11.8 Å². The number of nitrogens with zero attached hydrogens (tertiary/aromatic N) is 4. The number of carbonyl (C=O) groups is 2. The van der Waals surface area contributed by atoms with Crippen LogP contribution in [0.4, 0.5) is 0 Å². The van der Waals surface area contributed by atoms with E-state index in [4.69, 9.17) is 0 Å². The first-order valence-corrected chi connectivity index (χ1v) is 28.5. The molecule has 6 rings (SSSR count). The largest absolute Gasteiger partial charge is 0.323 e. The van der Waals surface area contributed by atoms with E-state index >= 15 is 0 Å². The molecule has 1 aliphatic carbocycles. The van der Waals surface area contributed by atoms with Gasteiger partial charge in [-0.2, -0.15) is 0 Å². The van der Waals surface area contributed by atoms with E-state index < -0.39 is 0 Å². The number of carbonyl (C=O) groups excluding carboxylic acids is 2. The van der Waals surface area contributed by atoms with Crippen LogP contribution < -0.4 is 21.3 Å². The van der Waals surface area contributed by atoms with E-state index in [2.05, 4.69) is 117 Å². The maximum absolute atomic E-state index is 10.4. The predicted molar refractivity (Wildman–Crippen MR) is 311 cm³/mol. The summed E-state index contributed by atoms with van der Waals surface area (Å²) in [5.74, 6) is 2.37. The molecular formula is C58H128N8O2. The number of allylic oxidation sites excluding steroid dienone is 1. The highest BCUT2D eigenvalue weighted by molar-refractivity contribution is 5.79. The zero-order valence-corrected chi connectivity index (χ0v) is 49.5. The summed E-state index contributed by atoms with van der Waals surface area (Å²) in [6.45, 7) is 34.8. The van der Waals surface area contributed by atoms with Crippen molar-refractivity contribution in [1.29, 1.82) is 0 Å². The summed E-state index contributed by atoms with van der Waals surface area (Å²) in [5.41, 5.74) is 1.29. The maximum atomic E-state index is 10.4. The third-order valence-electron chi connectivity index (χ3n) is 11.4. The number of hydrogen-bond donors (Lipinski definition) is 4. The number of likely N-dealkylation sites (tertiary alicyclic amines) is 3. The number of unbranched alkanes of at least 4 members (excludes halogenated alkanes) is 5. The lowest BCUT2D eigenvalue weighted by Gasteiger charge is -2.24. The summed E-state index contributed by atoms with van der Waals surface area (Å²) in [5, 5.41) is 11.9. The van der Waals surface area contributed by atoms with Crippen LogP contribution in [0.3, 0.4) is 0 Å². The Morgan fingerprint density at radius 1 is 0.632 bits per heavy atom. The minimum Gasteiger partial charge on any atom is -0.323 e. The average molecular weight is 970 g/mol. The standard InChI is InChI=1S/C7H14.2C6H13N.C6H12O.C6H14.C5H7N.C5H13N.2C4H9N.C4H8O.C3H9N.C2H7N/c3*1-7-5-3-2-4-6-7;1-3-5-6(7)4-2;1-3-5-6-4-2;1-5-2-3-6-4-5;1-3-4-5-6-2;1-4-2-5-3-4;1-5-3-2-4-5;1-2-3-4-5;1-3-4-2;1-3-2/h7H,2-6H2,1H3;2*2-6H2,1H3;3-5H2,1-2H3;3-6H2,1-2H3;2,4H,3H2,1H3;6H,3-5H2,1-2H3;4-5H,2-3H2,1H3;2-4H2,1H3;4H,2-3H2,1H3;4H,3H2,1-2H3;3H,1-2H3. The first-order chi connectivity index (χ1) is 32.7. The van der Waals surface area contributed by atoms with Crippen LogP contribution in [0.1, 0.15) is 217 Å². The fourth-order valence-corrected chi connectivity index (χ4v) is 6.19. The highest BCUT2D eigenvalue weighted by atomic mass is 16.1. The Bertz CT molecular complexity index is 870. The van der Waals surface area contributed by atoms with E-state index in [1.165, 1.54) is 174 Å². The molecule has 5 fully saturated rings. The summed E-state index contributed by atoms with van der Waals surface area (Å²) >= 11 is 0. The Morgan fingerprint density at radius 3 is 1.16 bits per heavy atom. The van der Waals surface area contributed by atoms with Crippen molar-refractivity contribution in [1.82, 2.24) is 36.0 Å². The van der Waals surface area contributed by atoms with Crippen LogP contribution in [0.25, 0.3) is 0 Å². The van der Waals surface area contributed by atoms with Crippen molar-refractivity contribution < 1.29 is 9.59 Å². The van der Waals surface area contributed by atoms with E-state index in [1.54, 1.807) is 0 Å². The van der Waals surface area contributed by atoms with E-state index in [0.717, 1.165) is 57.0 Å². The zero-order chi connectivity index (χ0) is 52.7. The number of rotatable bonds is 12. The van der Waals surface area contributed by atoms with E-state index in [0.29, 0.717) is 18.6 Å². The van der Waals surface area contributed by atoms with Crippen LogP contribution >= 0.6 is 0 Å². The third kappa shape index (κ3) is 84.4. The molecule has 4 N–H and O–H groups in total. The van der Waals surface area contributed by atoms with Gasteiger partial charge in [0.2, 0.25) is 0 Å². The second kappa shape index (κ2) is 72.0. The van der Waals surface area contributed by atoms with Crippen molar-refractivity contribution in [2.75, 3.05) is 121 Å². The average Bonchev–Trinajstić information content (AvgIpc) is 3.82. The molecule has 0 radical (unpaired) electrons. The number of nitrogens with one attached hydrogen (secondary N) is 4. The van der Waals surface area contributed by atoms with Crippen molar-refractivity contribution in [2.45, 2.75) is 217 Å². The van der Waals surface area contributed by atoms with Crippen molar-refractivity contribution in [3.63, 3.8) is 0 Å². The van der Waals surface area contributed by atoms with Crippen LogP contribution in [-0.4, -0.2) is 154 Å².